The lowest BCUT2D eigenvalue weighted by Gasteiger charge is -2.26. The number of nitrogens with zero attached hydrogens (tertiary/aromatic N) is 2. The number of fused-ring (bicyclic) bond motifs is 1. The van der Waals surface area contributed by atoms with Crippen LogP contribution in [0, 0.1) is 0 Å². The van der Waals surface area contributed by atoms with E-state index < -0.39 is 6.17 Å². The monoisotopic (exact) mass is 403 g/mol. The number of amides is 1. The van der Waals surface area contributed by atoms with Gasteiger partial charge in [-0.3, -0.25) is 9.69 Å². The topological polar surface area (TPSA) is 45.2 Å². The first-order valence-corrected chi connectivity index (χ1v) is 8.93. The Hall–Kier alpha value is -2.27. The summed E-state index contributed by atoms with van der Waals surface area (Å²) < 4.78 is 0. The number of nitrogens with one attached hydrogen (secondary N) is 1. The van der Waals surface area contributed by atoms with Crippen LogP contribution >= 0.6 is 34.8 Å². The van der Waals surface area contributed by atoms with Crippen LogP contribution < -0.4 is 10.2 Å². The lowest BCUT2D eigenvalue weighted by atomic mass is 10.1. The van der Waals surface area contributed by atoms with Crippen molar-refractivity contribution in [3.63, 3.8) is 0 Å². The number of carbonyl (C=O) groups excluding carboxylic acids is 1. The fourth-order valence-electron chi connectivity index (χ4n) is 3.00. The molecule has 3 aromatic rings. The Kier molecular flexibility index (Phi) is 4.49. The normalized spacial score (nSPS) is 15.9. The number of rotatable bonds is 3. The second kappa shape index (κ2) is 6.80. The highest BCUT2D eigenvalue weighted by atomic mass is 35.5. The predicted molar refractivity (Wildman–Crippen MR) is 105 cm³/mol. The summed E-state index contributed by atoms with van der Waals surface area (Å²) >= 11 is 18.1. The average molecular weight is 405 g/mol. The summed E-state index contributed by atoms with van der Waals surface area (Å²) in [4.78, 5) is 18.9. The molecule has 4 rings (SSSR count). The van der Waals surface area contributed by atoms with Crippen molar-refractivity contribution in [2.75, 3.05) is 10.2 Å². The number of hydrogen-bond acceptors (Lipinski definition) is 3. The van der Waals surface area contributed by atoms with Gasteiger partial charge in [-0.05, 0) is 36.4 Å². The molecule has 1 amide bonds. The molecule has 26 heavy (non-hydrogen) atoms. The van der Waals surface area contributed by atoms with Gasteiger partial charge >= 0.3 is 0 Å². The molecule has 1 atom stereocenters. The van der Waals surface area contributed by atoms with Crippen LogP contribution in [0.1, 0.15) is 22.1 Å². The van der Waals surface area contributed by atoms with Gasteiger partial charge in [0, 0.05) is 33.1 Å². The fourth-order valence-corrected chi connectivity index (χ4v) is 3.64. The summed E-state index contributed by atoms with van der Waals surface area (Å²) in [6, 6.07) is 16.0. The van der Waals surface area contributed by atoms with Gasteiger partial charge in [0.05, 0.1) is 5.02 Å². The van der Waals surface area contributed by atoms with Gasteiger partial charge in [-0.1, -0.05) is 53.0 Å². The maximum atomic E-state index is 13.0. The zero-order valence-electron chi connectivity index (χ0n) is 13.3. The molecule has 0 bridgehead atoms. The summed E-state index contributed by atoms with van der Waals surface area (Å²) in [5, 5.41) is 4.86. The van der Waals surface area contributed by atoms with E-state index in [9.17, 15) is 4.79 Å². The van der Waals surface area contributed by atoms with Crippen LogP contribution in [-0.4, -0.2) is 10.9 Å². The van der Waals surface area contributed by atoms with E-state index in [4.69, 9.17) is 34.8 Å². The number of anilines is 2. The van der Waals surface area contributed by atoms with Crippen LogP contribution in [0.3, 0.4) is 0 Å². The zero-order chi connectivity index (χ0) is 18.3. The van der Waals surface area contributed by atoms with Crippen LogP contribution in [0.5, 0.6) is 0 Å². The minimum atomic E-state index is -0.443. The lowest BCUT2D eigenvalue weighted by Crippen LogP contribution is -2.32. The highest BCUT2D eigenvalue weighted by Gasteiger charge is 2.38. The molecule has 0 radical (unpaired) electrons. The molecule has 0 saturated heterocycles. The lowest BCUT2D eigenvalue weighted by molar-refractivity contribution is 0.0992. The maximum Gasteiger partial charge on any atom is 0.261 e. The molecule has 0 aliphatic carbocycles. The maximum absolute atomic E-state index is 13.0. The van der Waals surface area contributed by atoms with E-state index in [0.29, 0.717) is 32.1 Å². The van der Waals surface area contributed by atoms with E-state index in [1.165, 1.54) is 6.20 Å². The van der Waals surface area contributed by atoms with Crippen LogP contribution in [0.15, 0.2) is 60.8 Å². The summed E-state index contributed by atoms with van der Waals surface area (Å²) in [6.45, 7) is 0. The number of aromatic nitrogens is 1. The van der Waals surface area contributed by atoms with Gasteiger partial charge in [0.15, 0.2) is 0 Å². The Morgan fingerprint density at radius 2 is 1.65 bits per heavy atom. The molecule has 1 aliphatic heterocycles. The molecule has 2 aromatic carbocycles. The van der Waals surface area contributed by atoms with E-state index in [1.54, 1.807) is 41.3 Å². The summed E-state index contributed by atoms with van der Waals surface area (Å²) in [5.41, 5.74) is 2.18. The van der Waals surface area contributed by atoms with Gasteiger partial charge in [-0.2, -0.15) is 0 Å². The molecular formula is C19H12Cl3N3O. The van der Waals surface area contributed by atoms with Gasteiger partial charge in [0.2, 0.25) is 0 Å². The zero-order valence-corrected chi connectivity index (χ0v) is 15.6. The third-order valence-corrected chi connectivity index (χ3v) is 4.75. The summed E-state index contributed by atoms with van der Waals surface area (Å²) in [5.74, 6) is 0.363. The second-order valence-electron chi connectivity index (χ2n) is 5.80. The average Bonchev–Trinajstić information content (AvgIpc) is 2.88. The van der Waals surface area contributed by atoms with Crippen molar-refractivity contribution >= 4 is 52.2 Å². The molecule has 2 heterocycles. The van der Waals surface area contributed by atoms with Gasteiger partial charge < -0.3 is 5.32 Å². The van der Waals surface area contributed by atoms with Crippen molar-refractivity contribution in [3.05, 3.63) is 87.0 Å². The van der Waals surface area contributed by atoms with Crippen LogP contribution in [0.4, 0.5) is 11.5 Å². The first-order chi connectivity index (χ1) is 12.5. The highest BCUT2D eigenvalue weighted by molar-refractivity contribution is 6.35. The van der Waals surface area contributed by atoms with E-state index in [-0.39, 0.29) is 5.91 Å². The first-order valence-electron chi connectivity index (χ1n) is 7.79. The molecule has 1 aliphatic rings. The number of halogens is 3. The number of carbonyl (C=O) groups is 1. The van der Waals surface area contributed by atoms with Crippen molar-refractivity contribution in [1.82, 2.24) is 4.98 Å². The summed E-state index contributed by atoms with van der Waals surface area (Å²) in [7, 11) is 0. The van der Waals surface area contributed by atoms with Gasteiger partial charge in [-0.25, -0.2) is 4.98 Å². The molecule has 4 nitrogen and oxygen atoms in total. The van der Waals surface area contributed by atoms with E-state index in [1.807, 2.05) is 18.2 Å². The minimum Gasteiger partial charge on any atom is -0.361 e. The van der Waals surface area contributed by atoms with Crippen molar-refractivity contribution in [1.29, 1.82) is 0 Å². The van der Waals surface area contributed by atoms with Crippen molar-refractivity contribution in [2.45, 2.75) is 6.17 Å². The number of hydrogen-bond donors (Lipinski definition) is 1. The fraction of sp³-hybridized carbons (Fsp3) is 0.0526. The highest BCUT2D eigenvalue weighted by Crippen LogP contribution is 2.38. The Balaban J connectivity index is 1.79. The third-order valence-electron chi connectivity index (χ3n) is 4.09. The smallest absolute Gasteiger partial charge is 0.261 e. The van der Waals surface area contributed by atoms with Gasteiger partial charge in [0.25, 0.3) is 5.91 Å². The summed E-state index contributed by atoms with van der Waals surface area (Å²) in [6.07, 6.45) is 1.07. The Morgan fingerprint density at radius 3 is 2.35 bits per heavy atom. The number of pyridine rings is 1. The second-order valence-corrected chi connectivity index (χ2v) is 7.11. The molecule has 0 saturated carbocycles. The molecule has 0 unspecified atom stereocenters. The van der Waals surface area contributed by atoms with Crippen molar-refractivity contribution in [2.24, 2.45) is 0 Å². The molecule has 0 spiro atoms. The number of benzene rings is 2. The standard InChI is InChI=1S/C19H12Cl3N3O/c20-11-5-6-17(23-10-11)25-18(15-3-1-2-4-16(15)19(25)26)24-14-8-12(21)7-13(22)9-14/h1-10,18,24H/t18-/m0/s1. The van der Waals surface area contributed by atoms with Crippen LogP contribution in [-0.2, 0) is 0 Å². The van der Waals surface area contributed by atoms with Gasteiger partial charge in [0.1, 0.15) is 12.0 Å². The Labute approximate surface area is 165 Å². The minimum absolute atomic E-state index is 0.138. The van der Waals surface area contributed by atoms with E-state index in [0.717, 1.165) is 5.56 Å². The Bertz CT molecular complexity index is 971. The van der Waals surface area contributed by atoms with Crippen molar-refractivity contribution < 1.29 is 4.79 Å². The van der Waals surface area contributed by atoms with Crippen LogP contribution in [0.2, 0.25) is 15.1 Å². The largest absolute Gasteiger partial charge is 0.361 e. The van der Waals surface area contributed by atoms with E-state index >= 15 is 0 Å². The van der Waals surface area contributed by atoms with Crippen LogP contribution in [0.25, 0.3) is 0 Å². The van der Waals surface area contributed by atoms with Crippen molar-refractivity contribution in [3.8, 4) is 0 Å². The molecule has 1 N–H and O–H groups in total. The molecule has 130 valence electrons. The predicted octanol–water partition coefficient (Wildman–Crippen LogP) is 5.81. The van der Waals surface area contributed by atoms with Gasteiger partial charge in [-0.15, -0.1) is 0 Å². The first kappa shape index (κ1) is 17.2. The third kappa shape index (κ3) is 3.12. The molecule has 1 aromatic heterocycles. The molecule has 0 fully saturated rings. The Morgan fingerprint density at radius 1 is 0.923 bits per heavy atom. The SMILES string of the molecule is O=C1c2ccccc2[C@@H](Nc2cc(Cl)cc(Cl)c2)N1c1ccc(Cl)cn1. The van der Waals surface area contributed by atoms with E-state index in [2.05, 4.69) is 10.3 Å². The molecular weight excluding hydrogens is 393 g/mol. The molecule has 7 heteroatoms. The quantitative estimate of drug-likeness (QED) is 0.599.